The fraction of sp³-hybridized carbons (Fsp3) is 0.111. The van der Waals surface area contributed by atoms with Crippen molar-refractivity contribution in [2.75, 3.05) is 23.6 Å². The molecule has 0 fully saturated rings. The number of hydrogen-bond acceptors (Lipinski definition) is 3. The Bertz CT molecular complexity index is 1110. The molecule has 1 N–H and O–H groups in total. The number of nitrogens with one attached hydrogen (secondary N) is 1. The molecule has 0 heterocycles. The smallest absolute Gasteiger partial charge is 0.262 e. The molecule has 0 atom stereocenters. The predicted octanol–water partition coefficient (Wildman–Crippen LogP) is 3.71. The number of hydrogen-bond donors (Lipinski definition) is 1. The van der Waals surface area contributed by atoms with Gasteiger partial charge in [-0.1, -0.05) is 42.5 Å². The number of rotatable bonds is 4. The first-order chi connectivity index (χ1) is 13.4. The Labute approximate surface area is 144 Å². The van der Waals surface area contributed by atoms with Crippen LogP contribution in [0.15, 0.2) is 71.6 Å². The first kappa shape index (κ1) is 9.57. The van der Waals surface area contributed by atoms with Crippen LogP contribution in [0.4, 0.5) is 11.4 Å². The second kappa shape index (κ2) is 5.93. The lowest BCUT2D eigenvalue weighted by Gasteiger charge is -2.17. The number of benzene rings is 3. The molecule has 3 rings (SSSR count). The standard InChI is InChI=1S/C18H18N2O2S/c1-20(2)17-12-6-11-16-15(17)10-7-13-18(16)23(21,22)19-14-8-4-3-5-9-14/h3-13,19H,1-2H3/i1D3,2D3. The van der Waals surface area contributed by atoms with Gasteiger partial charge < -0.3 is 4.90 Å². The van der Waals surface area contributed by atoms with Crippen LogP contribution >= 0.6 is 0 Å². The largest absolute Gasteiger partial charge is 0.377 e. The normalized spacial score (nSPS) is 16.3. The number of para-hydroxylation sites is 1. The minimum Gasteiger partial charge on any atom is -0.377 e. The zero-order valence-electron chi connectivity index (χ0n) is 18.0. The molecule has 0 spiro atoms. The summed E-state index contributed by atoms with van der Waals surface area (Å²) in [6.45, 7) is -5.90. The van der Waals surface area contributed by atoms with Gasteiger partial charge in [0.1, 0.15) is 0 Å². The summed E-state index contributed by atoms with van der Waals surface area (Å²) in [7, 11) is -4.00. The molecule has 23 heavy (non-hydrogen) atoms. The van der Waals surface area contributed by atoms with E-state index in [0.717, 1.165) is 0 Å². The summed E-state index contributed by atoms with van der Waals surface area (Å²) in [6.07, 6.45) is 0. The topological polar surface area (TPSA) is 49.4 Å². The molecule has 118 valence electrons. The zero-order valence-corrected chi connectivity index (χ0v) is 12.8. The van der Waals surface area contributed by atoms with Crippen molar-refractivity contribution in [3.63, 3.8) is 0 Å². The Kier molecular flexibility index (Phi) is 2.47. The molecule has 0 amide bonds. The Morgan fingerprint density at radius 3 is 2.30 bits per heavy atom. The van der Waals surface area contributed by atoms with E-state index in [4.69, 9.17) is 8.22 Å². The molecular weight excluding hydrogens is 308 g/mol. The third-order valence-corrected chi connectivity index (χ3v) is 4.85. The minimum absolute atomic E-state index is 0.0864. The predicted molar refractivity (Wildman–Crippen MR) is 95.5 cm³/mol. The number of sulfonamides is 1. The van der Waals surface area contributed by atoms with E-state index in [1.165, 1.54) is 36.4 Å². The minimum atomic E-state index is -4.00. The molecule has 0 aromatic heterocycles. The van der Waals surface area contributed by atoms with Gasteiger partial charge in [0.15, 0.2) is 0 Å². The molecule has 0 aliphatic heterocycles. The van der Waals surface area contributed by atoms with E-state index in [9.17, 15) is 8.42 Å². The Morgan fingerprint density at radius 2 is 1.57 bits per heavy atom. The SMILES string of the molecule is [2H]C([2H])([2H])N(c1cccc2c(S(=O)(=O)Nc3ccccc3)cccc12)C([2H])([2H])[2H]. The molecule has 0 saturated heterocycles. The maximum absolute atomic E-state index is 12.9. The van der Waals surface area contributed by atoms with Crippen molar-refractivity contribution >= 4 is 32.2 Å². The molecule has 0 aliphatic rings. The van der Waals surface area contributed by atoms with Crippen LogP contribution in [-0.2, 0) is 10.0 Å². The summed E-state index contributed by atoms with van der Waals surface area (Å²) >= 11 is 0. The van der Waals surface area contributed by atoms with Crippen molar-refractivity contribution in [3.8, 4) is 0 Å². The van der Waals surface area contributed by atoms with E-state index >= 15 is 0 Å². The molecule has 5 heteroatoms. The van der Waals surface area contributed by atoms with Gasteiger partial charge in [0.25, 0.3) is 10.0 Å². The van der Waals surface area contributed by atoms with Crippen LogP contribution in [0.2, 0.25) is 0 Å². The number of nitrogens with zero attached hydrogens (tertiary/aromatic N) is 1. The van der Waals surface area contributed by atoms with Crippen molar-refractivity contribution in [3.05, 3.63) is 66.7 Å². The Morgan fingerprint density at radius 1 is 0.870 bits per heavy atom. The average Bonchev–Trinajstić information content (AvgIpc) is 2.59. The van der Waals surface area contributed by atoms with Crippen LogP contribution in [0, 0.1) is 0 Å². The van der Waals surface area contributed by atoms with Crippen LogP contribution < -0.4 is 9.62 Å². The van der Waals surface area contributed by atoms with Crippen molar-refractivity contribution in [2.24, 2.45) is 0 Å². The highest BCUT2D eigenvalue weighted by Gasteiger charge is 2.18. The van der Waals surface area contributed by atoms with Crippen molar-refractivity contribution in [1.29, 1.82) is 0 Å². The van der Waals surface area contributed by atoms with Gasteiger partial charge in [-0.3, -0.25) is 4.72 Å². The molecule has 3 aromatic carbocycles. The number of anilines is 2. The van der Waals surface area contributed by atoms with Gasteiger partial charge in [-0.2, -0.15) is 0 Å². The molecule has 0 bridgehead atoms. The van der Waals surface area contributed by atoms with Crippen molar-refractivity contribution in [1.82, 2.24) is 0 Å². The average molecular weight is 332 g/mol. The fourth-order valence-corrected chi connectivity index (χ4v) is 3.69. The molecule has 4 nitrogen and oxygen atoms in total. The summed E-state index contributed by atoms with van der Waals surface area (Å²) in [6, 6.07) is 16.9. The summed E-state index contributed by atoms with van der Waals surface area (Å²) in [5.74, 6) is 0. The molecule has 0 radical (unpaired) electrons. The van der Waals surface area contributed by atoms with E-state index in [-0.39, 0.29) is 21.4 Å². The van der Waals surface area contributed by atoms with Gasteiger partial charge in [-0.25, -0.2) is 8.42 Å². The van der Waals surface area contributed by atoms with Gasteiger partial charge in [-0.05, 0) is 24.3 Å². The zero-order chi connectivity index (χ0) is 21.4. The van der Waals surface area contributed by atoms with E-state index < -0.39 is 24.0 Å². The third-order valence-electron chi connectivity index (χ3n) is 3.42. The monoisotopic (exact) mass is 332 g/mol. The maximum atomic E-state index is 12.9. The molecule has 3 aromatic rings. The summed E-state index contributed by atoms with van der Waals surface area (Å²) in [4.78, 5) is 0.264. The van der Waals surface area contributed by atoms with Crippen LogP contribution in [0.25, 0.3) is 10.8 Å². The Hall–Kier alpha value is -2.53. The third kappa shape index (κ3) is 3.00. The second-order valence-corrected chi connectivity index (χ2v) is 6.59. The fourth-order valence-electron chi connectivity index (χ4n) is 2.41. The lowest BCUT2D eigenvalue weighted by molar-refractivity contribution is 0.602. The van der Waals surface area contributed by atoms with Crippen LogP contribution in [0.3, 0.4) is 0 Å². The summed E-state index contributed by atoms with van der Waals surface area (Å²) in [5, 5.41) is 0.419. The van der Waals surface area contributed by atoms with Crippen molar-refractivity contribution in [2.45, 2.75) is 4.90 Å². The highest BCUT2D eigenvalue weighted by Crippen LogP contribution is 2.30. The lowest BCUT2D eigenvalue weighted by atomic mass is 10.1. The van der Waals surface area contributed by atoms with E-state index in [1.54, 1.807) is 30.3 Å². The van der Waals surface area contributed by atoms with Gasteiger partial charge in [0.2, 0.25) is 0 Å². The first-order valence-corrected chi connectivity index (χ1v) is 8.29. The molecule has 0 aliphatic carbocycles. The van der Waals surface area contributed by atoms with Gasteiger partial charge in [-0.15, -0.1) is 0 Å². The maximum Gasteiger partial charge on any atom is 0.262 e. The van der Waals surface area contributed by atoms with Crippen LogP contribution in [-0.4, -0.2) is 22.4 Å². The number of fused-ring (bicyclic) bond motifs is 1. The van der Waals surface area contributed by atoms with Crippen LogP contribution in [0.5, 0.6) is 0 Å². The van der Waals surface area contributed by atoms with Gasteiger partial charge in [0, 0.05) is 44.3 Å². The van der Waals surface area contributed by atoms with Gasteiger partial charge in [0.05, 0.1) is 4.90 Å². The summed E-state index contributed by atoms with van der Waals surface area (Å²) in [5.41, 5.74) is 0.270. The highest BCUT2D eigenvalue weighted by atomic mass is 32.2. The first-order valence-electron chi connectivity index (χ1n) is 9.81. The van der Waals surface area contributed by atoms with E-state index in [1.807, 2.05) is 0 Å². The quantitative estimate of drug-likeness (QED) is 0.792. The van der Waals surface area contributed by atoms with Gasteiger partial charge >= 0.3 is 0 Å². The second-order valence-electron chi connectivity index (χ2n) is 4.94. The van der Waals surface area contributed by atoms with Crippen molar-refractivity contribution < 1.29 is 16.6 Å². The molecule has 0 unspecified atom stereocenters. The lowest BCUT2D eigenvalue weighted by Crippen LogP contribution is -2.14. The van der Waals surface area contributed by atoms with E-state index in [0.29, 0.717) is 10.6 Å². The van der Waals surface area contributed by atoms with Crippen LogP contribution in [0.1, 0.15) is 8.22 Å². The summed E-state index contributed by atoms with van der Waals surface area (Å²) < 4.78 is 74.3. The van der Waals surface area contributed by atoms with E-state index in [2.05, 4.69) is 4.72 Å². The molecular formula is C18H18N2O2S. The molecule has 0 saturated carbocycles. The Balaban J connectivity index is 2.20. The highest BCUT2D eigenvalue weighted by molar-refractivity contribution is 7.93.